The van der Waals surface area contributed by atoms with Crippen molar-refractivity contribution < 1.29 is 32.7 Å². The smallest absolute Gasteiger partial charge is 0 e. The molecule has 0 aliphatic carbocycles. The Labute approximate surface area is 127 Å². The fraction of sp³-hybridized carbons (Fsp3) is 0.533. The minimum atomic E-state index is 0. The molecule has 0 saturated heterocycles. The molecule has 0 nitrogen and oxygen atoms in total. The average molecular weight is 294 g/mol. The normalized spacial score (nSPS) is 12.0. The van der Waals surface area contributed by atoms with Gasteiger partial charge in [-0.25, -0.2) is 18.6 Å². The zero-order chi connectivity index (χ0) is 11.7. The molecule has 0 aromatic carbocycles. The third kappa shape index (κ3) is 12.3. The molecule has 0 amide bonds. The summed E-state index contributed by atoms with van der Waals surface area (Å²) in [5.41, 5.74) is 4.30. The zero-order valence-electron chi connectivity index (χ0n) is 11.3. The van der Waals surface area contributed by atoms with Gasteiger partial charge in [-0.3, -0.25) is 0 Å². The molecular weight excluding hydrogens is 269 g/mol. The van der Waals surface area contributed by atoms with Gasteiger partial charge in [0.1, 0.15) is 0 Å². The molecule has 1 radical (unpaired) electrons. The molecule has 0 aromatic heterocycles. The van der Waals surface area contributed by atoms with Crippen LogP contribution in [0.4, 0.5) is 0 Å². The summed E-state index contributed by atoms with van der Waals surface area (Å²) in [4.78, 5) is 0. The summed E-state index contributed by atoms with van der Waals surface area (Å²) >= 11 is 0. The Morgan fingerprint density at radius 3 is 1.88 bits per heavy atom. The van der Waals surface area contributed by atoms with E-state index in [1.807, 2.05) is 6.08 Å². The Morgan fingerprint density at radius 1 is 0.875 bits per heavy atom. The van der Waals surface area contributed by atoms with Crippen LogP contribution in [0.15, 0.2) is 34.9 Å². The van der Waals surface area contributed by atoms with E-state index in [4.69, 9.17) is 0 Å². The number of hydrogen-bond acceptors (Lipinski definition) is 0. The molecule has 0 unspecified atom stereocenters. The standard InChI is InChI=1S/C15H25.Y/c1-6-14(4)10-8-12-15(5)11-7-9-13(2)3;/h6,9,12H,1,7-8,10-11H2,2-5H3;/q-1;/b14-6+,15-12+;. The van der Waals surface area contributed by atoms with Crippen molar-refractivity contribution in [3.05, 3.63) is 41.9 Å². The predicted octanol–water partition coefficient (Wildman–Crippen LogP) is 5.24. The van der Waals surface area contributed by atoms with Crippen molar-refractivity contribution in [2.75, 3.05) is 0 Å². The third-order valence-corrected chi connectivity index (χ3v) is 2.47. The van der Waals surface area contributed by atoms with Crippen LogP contribution in [-0.4, -0.2) is 0 Å². The van der Waals surface area contributed by atoms with Crippen LogP contribution in [0.2, 0.25) is 0 Å². The first kappa shape index (κ1) is 18.6. The Morgan fingerprint density at radius 2 is 1.38 bits per heavy atom. The van der Waals surface area contributed by atoms with E-state index in [-0.39, 0.29) is 32.7 Å². The van der Waals surface area contributed by atoms with Gasteiger partial charge in [0.25, 0.3) is 0 Å². The molecule has 0 saturated carbocycles. The maximum Gasteiger partial charge on any atom is 0 e. The number of rotatable bonds is 6. The van der Waals surface area contributed by atoms with Crippen LogP contribution >= 0.6 is 0 Å². The van der Waals surface area contributed by atoms with E-state index in [9.17, 15) is 0 Å². The van der Waals surface area contributed by atoms with Gasteiger partial charge in [0.2, 0.25) is 0 Å². The molecule has 0 aliphatic heterocycles. The quantitative estimate of drug-likeness (QED) is 0.464. The van der Waals surface area contributed by atoms with Crippen molar-refractivity contribution in [1.29, 1.82) is 0 Å². The summed E-state index contributed by atoms with van der Waals surface area (Å²) in [6.45, 7) is 12.4. The van der Waals surface area contributed by atoms with Crippen LogP contribution in [0, 0.1) is 6.92 Å². The minimum Gasteiger partial charge on any atom is -0.245 e. The summed E-state index contributed by atoms with van der Waals surface area (Å²) in [5.74, 6) is 0. The molecule has 89 valence electrons. The van der Waals surface area contributed by atoms with Gasteiger partial charge in [-0.1, -0.05) is 29.7 Å². The van der Waals surface area contributed by atoms with E-state index in [1.54, 1.807) is 0 Å². The average Bonchev–Trinajstić information content (AvgIpc) is 2.17. The summed E-state index contributed by atoms with van der Waals surface area (Å²) in [6.07, 6.45) is 11.3. The van der Waals surface area contributed by atoms with Gasteiger partial charge in [0.15, 0.2) is 0 Å². The van der Waals surface area contributed by atoms with Crippen molar-refractivity contribution in [3.8, 4) is 0 Å². The molecule has 0 aromatic rings. The van der Waals surface area contributed by atoms with Gasteiger partial charge in [-0.05, 0) is 40.0 Å². The van der Waals surface area contributed by atoms with E-state index < -0.39 is 0 Å². The molecule has 0 N–H and O–H groups in total. The fourth-order valence-electron chi connectivity index (χ4n) is 1.34. The van der Waals surface area contributed by atoms with Crippen molar-refractivity contribution in [3.63, 3.8) is 0 Å². The molecule has 0 fully saturated rings. The first-order valence-corrected chi connectivity index (χ1v) is 5.80. The van der Waals surface area contributed by atoms with Crippen molar-refractivity contribution >= 4 is 0 Å². The van der Waals surface area contributed by atoms with E-state index in [1.165, 1.54) is 29.6 Å². The Balaban J connectivity index is 0. The fourth-order valence-corrected chi connectivity index (χ4v) is 1.34. The summed E-state index contributed by atoms with van der Waals surface area (Å²) in [7, 11) is 0. The molecule has 16 heavy (non-hydrogen) atoms. The Kier molecular flexibility index (Phi) is 13.5. The third-order valence-electron chi connectivity index (χ3n) is 2.47. The topological polar surface area (TPSA) is 0 Å². The summed E-state index contributed by atoms with van der Waals surface area (Å²) in [5, 5.41) is 0. The summed E-state index contributed by atoms with van der Waals surface area (Å²) < 4.78 is 0. The largest absolute Gasteiger partial charge is 0.245 e. The molecule has 0 heterocycles. The van der Waals surface area contributed by atoms with E-state index in [2.05, 4.69) is 46.8 Å². The van der Waals surface area contributed by atoms with Gasteiger partial charge in [-0.2, -0.15) is 0 Å². The van der Waals surface area contributed by atoms with Crippen LogP contribution in [0.25, 0.3) is 0 Å². The van der Waals surface area contributed by atoms with Crippen molar-refractivity contribution in [1.82, 2.24) is 0 Å². The SMILES string of the molecule is [CH2-]/C=C(\C)CC/C=C(\C)CCC=C(C)C.[Y]. The molecule has 0 bridgehead atoms. The molecule has 0 spiro atoms. The van der Waals surface area contributed by atoms with Crippen molar-refractivity contribution in [2.24, 2.45) is 0 Å². The van der Waals surface area contributed by atoms with Gasteiger partial charge in [0.05, 0.1) is 0 Å². The maximum atomic E-state index is 3.76. The van der Waals surface area contributed by atoms with Gasteiger partial charge in [0, 0.05) is 32.7 Å². The molecule has 0 aliphatic rings. The van der Waals surface area contributed by atoms with Crippen LogP contribution in [0.5, 0.6) is 0 Å². The first-order valence-electron chi connectivity index (χ1n) is 5.80. The van der Waals surface area contributed by atoms with Crippen LogP contribution in [0.3, 0.4) is 0 Å². The first-order chi connectivity index (χ1) is 7.06. The van der Waals surface area contributed by atoms with Gasteiger partial charge < -0.3 is 0 Å². The Bertz CT molecular complexity index is 253. The van der Waals surface area contributed by atoms with Crippen molar-refractivity contribution in [2.45, 2.75) is 53.4 Å². The predicted molar refractivity (Wildman–Crippen MR) is 70.8 cm³/mol. The van der Waals surface area contributed by atoms with Crippen LogP contribution in [0.1, 0.15) is 53.4 Å². The van der Waals surface area contributed by atoms with Gasteiger partial charge >= 0.3 is 0 Å². The molecule has 0 rings (SSSR count). The maximum absolute atomic E-state index is 3.76. The number of hydrogen-bond donors (Lipinski definition) is 0. The second-order valence-electron chi connectivity index (χ2n) is 4.46. The molecule has 0 atom stereocenters. The van der Waals surface area contributed by atoms with E-state index >= 15 is 0 Å². The minimum absolute atomic E-state index is 0. The van der Waals surface area contributed by atoms with E-state index in [0.717, 1.165) is 12.8 Å². The van der Waals surface area contributed by atoms with Crippen LogP contribution < -0.4 is 0 Å². The molecule has 1 heteroatoms. The van der Waals surface area contributed by atoms with E-state index in [0.29, 0.717) is 0 Å². The molecular formula is C15H25Y-. The number of allylic oxidation sites excluding steroid dienone is 6. The zero-order valence-corrected chi connectivity index (χ0v) is 14.2. The monoisotopic (exact) mass is 294 g/mol. The second-order valence-corrected chi connectivity index (χ2v) is 4.46. The van der Waals surface area contributed by atoms with Crippen LogP contribution in [-0.2, 0) is 32.7 Å². The summed E-state index contributed by atoms with van der Waals surface area (Å²) in [6, 6.07) is 0. The Hall–Kier alpha value is 0.194. The van der Waals surface area contributed by atoms with Gasteiger partial charge in [-0.15, -0.1) is 6.92 Å². The second kappa shape index (κ2) is 11.7.